The maximum atomic E-state index is 5.33. The second-order valence-electron chi connectivity index (χ2n) is 3.47. The average Bonchev–Trinajstić information content (AvgIpc) is 2.65. The van der Waals surface area contributed by atoms with E-state index in [1.54, 1.807) is 0 Å². The number of hydrogen-bond acceptors (Lipinski definition) is 5. The summed E-state index contributed by atoms with van der Waals surface area (Å²) < 4.78 is 5.08. The van der Waals surface area contributed by atoms with Crippen LogP contribution in [0.15, 0.2) is 29.7 Å². The van der Waals surface area contributed by atoms with E-state index in [0.29, 0.717) is 5.89 Å². The Balaban J connectivity index is 2.26. The topological polar surface area (TPSA) is 68.2 Å². The van der Waals surface area contributed by atoms with E-state index in [4.69, 9.17) is 10.2 Å². The van der Waals surface area contributed by atoms with Gasteiger partial charge in [-0.15, -0.1) is 18.3 Å². The highest BCUT2D eigenvalue weighted by Crippen LogP contribution is 2.04. The van der Waals surface area contributed by atoms with Gasteiger partial charge in [-0.05, 0) is 13.0 Å². The molecule has 0 bridgehead atoms. The van der Waals surface area contributed by atoms with Gasteiger partial charge in [-0.2, -0.15) is 0 Å². The van der Waals surface area contributed by atoms with Gasteiger partial charge in [0, 0.05) is 19.5 Å². The molecular formula is C11H18N4O. The fourth-order valence-electron chi connectivity index (χ4n) is 1.44. The molecule has 0 amide bonds. The van der Waals surface area contributed by atoms with Crippen LogP contribution in [0.3, 0.4) is 0 Å². The van der Waals surface area contributed by atoms with Crippen molar-refractivity contribution in [1.82, 2.24) is 15.1 Å². The Labute approximate surface area is 95.6 Å². The van der Waals surface area contributed by atoms with Crippen molar-refractivity contribution < 1.29 is 4.42 Å². The molecular weight excluding hydrogens is 204 g/mol. The lowest BCUT2D eigenvalue weighted by Gasteiger charge is -2.17. The minimum atomic E-state index is 0.129. The summed E-state index contributed by atoms with van der Waals surface area (Å²) in [7, 11) is 0. The van der Waals surface area contributed by atoms with Crippen molar-refractivity contribution in [3.05, 3.63) is 31.2 Å². The average molecular weight is 222 g/mol. The minimum Gasteiger partial charge on any atom is -0.408 e. The van der Waals surface area contributed by atoms with Crippen molar-refractivity contribution in [1.29, 1.82) is 0 Å². The van der Waals surface area contributed by atoms with E-state index < -0.39 is 0 Å². The molecule has 0 radical (unpaired) electrons. The Hall–Kier alpha value is -1.62. The van der Waals surface area contributed by atoms with Crippen LogP contribution in [0.5, 0.6) is 0 Å². The molecule has 0 aliphatic carbocycles. The number of aromatic nitrogens is 2. The minimum absolute atomic E-state index is 0.129. The normalized spacial score (nSPS) is 10.6. The Kier molecular flexibility index (Phi) is 5.28. The smallest absolute Gasteiger partial charge is 0.312 e. The van der Waals surface area contributed by atoms with Crippen LogP contribution in [-0.4, -0.2) is 34.7 Å². The van der Waals surface area contributed by atoms with Crippen LogP contribution in [-0.2, 0) is 6.42 Å². The third-order valence-electron chi connectivity index (χ3n) is 2.12. The van der Waals surface area contributed by atoms with Crippen LogP contribution in [0.1, 0.15) is 12.3 Å². The van der Waals surface area contributed by atoms with E-state index in [1.807, 2.05) is 12.2 Å². The maximum Gasteiger partial charge on any atom is 0.312 e. The quantitative estimate of drug-likeness (QED) is 0.671. The highest BCUT2D eigenvalue weighted by atomic mass is 16.4. The van der Waals surface area contributed by atoms with E-state index in [9.17, 15) is 0 Å². The Bertz CT molecular complexity index is 324. The summed E-state index contributed by atoms with van der Waals surface area (Å²) in [5.74, 6) is 0.592. The number of nitrogens with two attached hydrogens (primary N) is 1. The molecule has 0 saturated carbocycles. The molecule has 1 aromatic rings. The van der Waals surface area contributed by atoms with E-state index >= 15 is 0 Å². The van der Waals surface area contributed by atoms with Gasteiger partial charge in [0.2, 0.25) is 5.89 Å². The van der Waals surface area contributed by atoms with E-state index in [1.165, 1.54) is 0 Å². The van der Waals surface area contributed by atoms with Gasteiger partial charge in [0.05, 0.1) is 0 Å². The molecule has 1 heterocycles. The van der Waals surface area contributed by atoms with Crippen LogP contribution >= 0.6 is 0 Å². The summed E-state index contributed by atoms with van der Waals surface area (Å²) >= 11 is 0. The van der Waals surface area contributed by atoms with E-state index in [2.05, 4.69) is 28.3 Å². The first-order chi connectivity index (χ1) is 7.76. The standard InChI is InChI=1S/C11H18N4O/c1-3-7-15(8-4-2)9-5-6-10-13-14-11(12)16-10/h3-4H,1-2,5-9H2,(H2,12,14). The second kappa shape index (κ2) is 6.79. The molecule has 0 aliphatic rings. The van der Waals surface area contributed by atoms with Gasteiger partial charge in [0.25, 0.3) is 0 Å². The summed E-state index contributed by atoms with van der Waals surface area (Å²) in [6.07, 6.45) is 5.46. The van der Waals surface area contributed by atoms with Crippen molar-refractivity contribution >= 4 is 6.01 Å². The summed E-state index contributed by atoms with van der Waals surface area (Å²) in [4.78, 5) is 2.24. The van der Waals surface area contributed by atoms with Gasteiger partial charge in [-0.25, -0.2) is 0 Å². The SMILES string of the molecule is C=CCN(CC=C)CCCc1nnc(N)o1. The molecule has 5 nitrogen and oxygen atoms in total. The molecule has 2 N–H and O–H groups in total. The van der Waals surface area contributed by atoms with E-state index in [0.717, 1.165) is 32.5 Å². The predicted octanol–water partition coefficient (Wildman–Crippen LogP) is 1.26. The number of aryl methyl sites for hydroxylation is 1. The summed E-state index contributed by atoms with van der Waals surface area (Å²) in [5, 5.41) is 7.41. The monoisotopic (exact) mass is 222 g/mol. The Morgan fingerprint density at radius 2 is 1.94 bits per heavy atom. The van der Waals surface area contributed by atoms with Crippen LogP contribution < -0.4 is 5.73 Å². The zero-order valence-corrected chi connectivity index (χ0v) is 9.43. The lowest BCUT2D eigenvalue weighted by molar-refractivity contribution is 0.325. The van der Waals surface area contributed by atoms with Crippen molar-refractivity contribution in [2.45, 2.75) is 12.8 Å². The van der Waals surface area contributed by atoms with Gasteiger partial charge < -0.3 is 10.2 Å². The van der Waals surface area contributed by atoms with E-state index in [-0.39, 0.29) is 6.01 Å². The van der Waals surface area contributed by atoms with Crippen molar-refractivity contribution in [3.8, 4) is 0 Å². The van der Waals surface area contributed by atoms with Crippen LogP contribution in [0.2, 0.25) is 0 Å². The van der Waals surface area contributed by atoms with Crippen molar-refractivity contribution in [3.63, 3.8) is 0 Å². The molecule has 0 spiro atoms. The van der Waals surface area contributed by atoms with Gasteiger partial charge in [0.1, 0.15) is 0 Å². The fraction of sp³-hybridized carbons (Fsp3) is 0.455. The molecule has 1 aromatic heterocycles. The molecule has 0 fully saturated rings. The van der Waals surface area contributed by atoms with Gasteiger partial charge in [-0.3, -0.25) is 4.90 Å². The third-order valence-corrected chi connectivity index (χ3v) is 2.12. The molecule has 16 heavy (non-hydrogen) atoms. The number of nitrogens with zero attached hydrogens (tertiary/aromatic N) is 3. The summed E-state index contributed by atoms with van der Waals surface area (Å²) in [6, 6.07) is 0.129. The molecule has 0 unspecified atom stereocenters. The van der Waals surface area contributed by atoms with Gasteiger partial charge in [0.15, 0.2) is 0 Å². The van der Waals surface area contributed by atoms with Crippen LogP contribution in [0.25, 0.3) is 0 Å². The summed E-state index contributed by atoms with van der Waals surface area (Å²) in [6.45, 7) is 10.1. The molecule has 0 atom stereocenters. The lowest BCUT2D eigenvalue weighted by Crippen LogP contribution is -2.25. The zero-order chi connectivity index (χ0) is 11.8. The largest absolute Gasteiger partial charge is 0.408 e. The number of rotatable bonds is 8. The third kappa shape index (κ3) is 4.27. The molecule has 88 valence electrons. The highest BCUT2D eigenvalue weighted by molar-refractivity contribution is 5.04. The van der Waals surface area contributed by atoms with Crippen molar-refractivity contribution in [2.75, 3.05) is 25.4 Å². The van der Waals surface area contributed by atoms with Gasteiger partial charge in [-0.1, -0.05) is 17.3 Å². The molecule has 5 heteroatoms. The lowest BCUT2D eigenvalue weighted by atomic mass is 10.3. The Morgan fingerprint density at radius 1 is 1.25 bits per heavy atom. The molecule has 0 aromatic carbocycles. The summed E-state index contributed by atoms with van der Waals surface area (Å²) in [5.41, 5.74) is 5.33. The number of anilines is 1. The molecule has 0 saturated heterocycles. The number of nitrogen functional groups attached to an aromatic ring is 1. The predicted molar refractivity (Wildman–Crippen MR) is 63.9 cm³/mol. The van der Waals surface area contributed by atoms with Crippen LogP contribution in [0, 0.1) is 0 Å². The fourth-order valence-corrected chi connectivity index (χ4v) is 1.44. The number of hydrogen-bond donors (Lipinski definition) is 1. The highest BCUT2D eigenvalue weighted by Gasteiger charge is 2.04. The molecule has 1 rings (SSSR count). The first-order valence-electron chi connectivity index (χ1n) is 5.28. The van der Waals surface area contributed by atoms with Crippen LogP contribution in [0.4, 0.5) is 6.01 Å². The first kappa shape index (κ1) is 12.4. The zero-order valence-electron chi connectivity index (χ0n) is 9.43. The second-order valence-corrected chi connectivity index (χ2v) is 3.47. The van der Waals surface area contributed by atoms with Gasteiger partial charge >= 0.3 is 6.01 Å². The Morgan fingerprint density at radius 3 is 2.44 bits per heavy atom. The van der Waals surface area contributed by atoms with Crippen molar-refractivity contribution in [2.24, 2.45) is 0 Å². The maximum absolute atomic E-state index is 5.33. The first-order valence-corrected chi connectivity index (χ1v) is 5.28. The molecule has 0 aliphatic heterocycles.